The Morgan fingerprint density at radius 2 is 2.50 bits per heavy atom. The SMILES string of the molecule is C[C@@H](O)CN=O. The summed E-state index contributed by atoms with van der Waals surface area (Å²) in [6.45, 7) is 1.52. The van der Waals surface area contributed by atoms with Gasteiger partial charge >= 0.3 is 0 Å². The molecule has 0 aromatic carbocycles. The Kier molecular flexibility index (Phi) is 2.58. The first-order valence-electron chi connectivity index (χ1n) is 1.74. The number of rotatable bonds is 2. The first-order valence-corrected chi connectivity index (χ1v) is 1.74. The third kappa shape index (κ3) is 3.56. The zero-order chi connectivity index (χ0) is 4.99. The lowest BCUT2D eigenvalue weighted by atomic mass is 10.4. The zero-order valence-electron chi connectivity index (χ0n) is 3.59. The predicted octanol–water partition coefficient (Wildman–Crippen LogP) is 0.134. The molecule has 1 atom stereocenters. The minimum atomic E-state index is -0.581. The molecule has 0 saturated carbocycles. The molecule has 0 rings (SSSR count). The second-order valence-corrected chi connectivity index (χ2v) is 1.16. The van der Waals surface area contributed by atoms with Crippen LogP contribution in [0.1, 0.15) is 6.92 Å². The molecule has 0 radical (unpaired) electrons. The van der Waals surface area contributed by atoms with Crippen molar-refractivity contribution < 1.29 is 5.11 Å². The molecule has 0 amide bonds. The summed E-state index contributed by atoms with van der Waals surface area (Å²) in [5.74, 6) is 0. The molecule has 36 valence electrons. The number of aliphatic hydroxyl groups excluding tert-OH is 1. The number of hydrogen-bond donors (Lipinski definition) is 1. The van der Waals surface area contributed by atoms with Crippen molar-refractivity contribution in [1.29, 1.82) is 0 Å². The molecular weight excluding hydrogens is 82.0 g/mol. The Morgan fingerprint density at radius 3 is 2.50 bits per heavy atom. The van der Waals surface area contributed by atoms with Crippen molar-refractivity contribution >= 4 is 0 Å². The highest BCUT2D eigenvalue weighted by Gasteiger charge is 1.88. The molecule has 0 aliphatic carbocycles. The van der Waals surface area contributed by atoms with E-state index in [0.717, 1.165) is 0 Å². The summed E-state index contributed by atoms with van der Waals surface area (Å²) in [7, 11) is 0. The lowest BCUT2D eigenvalue weighted by Gasteiger charge is -1.88. The molecule has 0 saturated heterocycles. The second kappa shape index (κ2) is 2.78. The normalized spacial score (nSPS) is 13.7. The van der Waals surface area contributed by atoms with Gasteiger partial charge in [-0.15, -0.1) is 0 Å². The first-order chi connectivity index (χ1) is 2.77. The molecular formula is C3H7NO2. The van der Waals surface area contributed by atoms with Crippen LogP contribution in [-0.4, -0.2) is 17.8 Å². The molecule has 0 fully saturated rings. The summed E-state index contributed by atoms with van der Waals surface area (Å²) in [5.41, 5.74) is 0. The highest BCUT2D eigenvalue weighted by atomic mass is 16.3. The van der Waals surface area contributed by atoms with Gasteiger partial charge in [0.25, 0.3) is 0 Å². The molecule has 0 bridgehead atoms. The molecule has 1 N–H and O–H groups in total. The largest absolute Gasteiger partial charge is 0.391 e. The van der Waals surface area contributed by atoms with Crippen molar-refractivity contribution in [3.8, 4) is 0 Å². The van der Waals surface area contributed by atoms with E-state index in [1.54, 1.807) is 0 Å². The van der Waals surface area contributed by atoms with Crippen LogP contribution < -0.4 is 0 Å². The van der Waals surface area contributed by atoms with Crippen LogP contribution in [0.25, 0.3) is 0 Å². The van der Waals surface area contributed by atoms with Gasteiger partial charge in [-0.25, -0.2) is 0 Å². The topological polar surface area (TPSA) is 49.7 Å². The van der Waals surface area contributed by atoms with Crippen LogP contribution in [0.4, 0.5) is 0 Å². The first kappa shape index (κ1) is 5.56. The van der Waals surface area contributed by atoms with Crippen LogP contribution in [-0.2, 0) is 0 Å². The molecule has 0 aromatic rings. The van der Waals surface area contributed by atoms with E-state index < -0.39 is 6.10 Å². The van der Waals surface area contributed by atoms with Gasteiger partial charge in [-0.05, 0) is 6.92 Å². The summed E-state index contributed by atoms with van der Waals surface area (Å²) < 4.78 is 0. The van der Waals surface area contributed by atoms with E-state index in [1.807, 2.05) is 0 Å². The summed E-state index contributed by atoms with van der Waals surface area (Å²) >= 11 is 0. The van der Waals surface area contributed by atoms with Gasteiger partial charge in [0.2, 0.25) is 0 Å². The van der Waals surface area contributed by atoms with Gasteiger partial charge in [-0.3, -0.25) is 0 Å². The highest BCUT2D eigenvalue weighted by molar-refractivity contribution is 4.46. The van der Waals surface area contributed by atoms with Crippen molar-refractivity contribution in [1.82, 2.24) is 0 Å². The fourth-order valence-electron chi connectivity index (χ4n) is 0.108. The summed E-state index contributed by atoms with van der Waals surface area (Å²) in [6.07, 6.45) is -0.581. The van der Waals surface area contributed by atoms with Gasteiger partial charge in [-0.2, -0.15) is 4.91 Å². The zero-order valence-corrected chi connectivity index (χ0v) is 3.59. The van der Waals surface area contributed by atoms with E-state index in [4.69, 9.17) is 5.11 Å². The quantitative estimate of drug-likeness (QED) is 0.489. The molecule has 0 aliphatic rings. The number of aliphatic hydroxyl groups is 1. The highest BCUT2D eigenvalue weighted by Crippen LogP contribution is 1.76. The Labute approximate surface area is 36.0 Å². The maximum absolute atomic E-state index is 9.21. The fourth-order valence-corrected chi connectivity index (χ4v) is 0.108. The van der Waals surface area contributed by atoms with Gasteiger partial charge in [0.15, 0.2) is 0 Å². The van der Waals surface area contributed by atoms with E-state index in [1.165, 1.54) is 6.92 Å². The monoisotopic (exact) mass is 89.0 g/mol. The van der Waals surface area contributed by atoms with Crippen molar-refractivity contribution in [2.24, 2.45) is 5.18 Å². The van der Waals surface area contributed by atoms with Crippen molar-refractivity contribution in [2.45, 2.75) is 13.0 Å². The number of hydrogen-bond acceptors (Lipinski definition) is 3. The van der Waals surface area contributed by atoms with Gasteiger partial charge in [0.05, 0.1) is 6.10 Å². The molecule has 0 aliphatic heterocycles. The van der Waals surface area contributed by atoms with E-state index >= 15 is 0 Å². The molecule has 3 nitrogen and oxygen atoms in total. The van der Waals surface area contributed by atoms with Crippen LogP contribution in [0.5, 0.6) is 0 Å². The van der Waals surface area contributed by atoms with Crippen molar-refractivity contribution in [3.05, 3.63) is 4.91 Å². The summed E-state index contributed by atoms with van der Waals surface area (Å²) in [4.78, 5) is 9.21. The Hall–Kier alpha value is -0.440. The van der Waals surface area contributed by atoms with Gasteiger partial charge in [-0.1, -0.05) is 5.18 Å². The second-order valence-electron chi connectivity index (χ2n) is 1.16. The maximum Gasteiger partial charge on any atom is 0.107 e. The van der Waals surface area contributed by atoms with Crippen LogP contribution >= 0.6 is 0 Å². The summed E-state index contributed by atoms with van der Waals surface area (Å²) in [6, 6.07) is 0. The fraction of sp³-hybridized carbons (Fsp3) is 1.00. The lowest BCUT2D eigenvalue weighted by molar-refractivity contribution is 0.203. The van der Waals surface area contributed by atoms with Crippen LogP contribution in [0.15, 0.2) is 5.18 Å². The maximum atomic E-state index is 9.21. The van der Waals surface area contributed by atoms with Crippen LogP contribution in [0.2, 0.25) is 0 Å². The molecule has 0 spiro atoms. The van der Waals surface area contributed by atoms with Crippen LogP contribution in [0.3, 0.4) is 0 Å². The molecule has 6 heavy (non-hydrogen) atoms. The number of nitroso groups, excluding NO2 is 1. The van der Waals surface area contributed by atoms with E-state index in [-0.39, 0.29) is 6.54 Å². The third-order valence-electron chi connectivity index (χ3n) is 0.339. The van der Waals surface area contributed by atoms with Gasteiger partial charge in [0, 0.05) is 0 Å². The standard InChI is InChI=1S/C3H7NO2/c1-3(5)2-4-6/h3,5H,2H2,1H3/t3-/m1/s1. The smallest absolute Gasteiger partial charge is 0.107 e. The predicted molar refractivity (Wildman–Crippen MR) is 22.3 cm³/mol. The molecule has 0 heterocycles. The van der Waals surface area contributed by atoms with Gasteiger partial charge < -0.3 is 5.11 Å². The van der Waals surface area contributed by atoms with Gasteiger partial charge in [0.1, 0.15) is 6.54 Å². The van der Waals surface area contributed by atoms with Crippen molar-refractivity contribution in [2.75, 3.05) is 6.54 Å². The number of nitrogens with zero attached hydrogens (tertiary/aromatic N) is 1. The Morgan fingerprint density at radius 1 is 2.00 bits per heavy atom. The average Bonchev–Trinajstić information content (AvgIpc) is 1.35. The Bertz CT molecular complexity index is 44.1. The minimum Gasteiger partial charge on any atom is -0.391 e. The van der Waals surface area contributed by atoms with Crippen molar-refractivity contribution in [3.63, 3.8) is 0 Å². The van der Waals surface area contributed by atoms with E-state index in [9.17, 15) is 4.91 Å². The third-order valence-corrected chi connectivity index (χ3v) is 0.339. The molecule has 0 unspecified atom stereocenters. The minimum absolute atomic E-state index is 0. The van der Waals surface area contributed by atoms with E-state index in [2.05, 4.69) is 5.18 Å². The molecule has 3 heteroatoms. The summed E-state index contributed by atoms with van der Waals surface area (Å²) in [5, 5.41) is 10.7. The van der Waals surface area contributed by atoms with E-state index in [0.29, 0.717) is 0 Å². The van der Waals surface area contributed by atoms with Crippen LogP contribution in [0, 0.1) is 4.91 Å². The molecule has 0 aromatic heterocycles. The Balaban J connectivity index is 2.81. The lowest BCUT2D eigenvalue weighted by Crippen LogP contribution is -2.01. The average molecular weight is 89.1 g/mol.